The molecule has 0 bridgehead atoms. The summed E-state index contributed by atoms with van der Waals surface area (Å²) in [5.74, 6) is -0.694. The molecule has 0 aliphatic carbocycles. The maximum absolute atomic E-state index is 13.3. The van der Waals surface area contributed by atoms with E-state index in [1.807, 2.05) is 31.2 Å². The maximum atomic E-state index is 13.3. The molecule has 8 heteroatoms. The lowest BCUT2D eigenvalue weighted by molar-refractivity contribution is -0.122. The number of halogens is 1. The van der Waals surface area contributed by atoms with E-state index in [0.717, 1.165) is 15.8 Å². The van der Waals surface area contributed by atoms with Gasteiger partial charge in [-0.25, -0.2) is 14.1 Å². The highest BCUT2D eigenvalue weighted by atomic mass is 32.1. The number of rotatable bonds is 5. The fourth-order valence-corrected chi connectivity index (χ4v) is 3.99. The first kappa shape index (κ1) is 19.9. The molecule has 2 aromatic heterocycles. The van der Waals surface area contributed by atoms with Crippen molar-refractivity contribution in [2.24, 2.45) is 0 Å². The molecule has 0 atom stereocenters. The van der Waals surface area contributed by atoms with Gasteiger partial charge >= 0.3 is 0 Å². The fourth-order valence-electron chi connectivity index (χ4n) is 3.07. The number of hydrogen-bond donors (Lipinski definition) is 1. The number of benzene rings is 2. The predicted octanol–water partition coefficient (Wildman–Crippen LogP) is 3.59. The van der Waals surface area contributed by atoms with Crippen LogP contribution in [0.3, 0.4) is 0 Å². The van der Waals surface area contributed by atoms with Gasteiger partial charge in [-0.3, -0.25) is 9.59 Å². The van der Waals surface area contributed by atoms with Crippen LogP contribution in [0.5, 0.6) is 0 Å². The van der Waals surface area contributed by atoms with Gasteiger partial charge in [-0.05, 0) is 43.7 Å². The molecule has 0 fully saturated rings. The average Bonchev–Trinajstić information content (AvgIpc) is 3.12. The Bertz CT molecular complexity index is 1280. The Balaban J connectivity index is 1.64. The lowest BCUT2D eigenvalue weighted by Crippen LogP contribution is -2.33. The van der Waals surface area contributed by atoms with Crippen molar-refractivity contribution in [3.8, 4) is 11.3 Å². The SMILES string of the molecule is Cc1ccc(CNC(=O)Cn2nc(-c3ccc(F)cc3)c3sc(C)nc3c2=O)cc1. The first-order valence-corrected chi connectivity index (χ1v) is 10.2. The molecule has 0 spiro atoms. The molecule has 2 heterocycles. The number of carbonyl (C=O) groups is 1. The number of fused-ring (bicyclic) bond motifs is 1. The summed E-state index contributed by atoms with van der Waals surface area (Å²) in [5.41, 5.74) is 3.09. The highest BCUT2D eigenvalue weighted by Gasteiger charge is 2.18. The smallest absolute Gasteiger partial charge is 0.294 e. The molecule has 0 aliphatic rings. The number of nitrogens with one attached hydrogen (secondary N) is 1. The standard InChI is InChI=1S/C22H19FN4O2S/c1-13-3-5-15(6-4-13)11-24-18(28)12-27-22(29)20-21(30-14(2)25-20)19(26-27)16-7-9-17(23)10-8-16/h3-10H,11-12H2,1-2H3,(H,24,28). The van der Waals surface area contributed by atoms with Crippen molar-refractivity contribution in [2.45, 2.75) is 26.9 Å². The summed E-state index contributed by atoms with van der Waals surface area (Å²) >= 11 is 1.35. The van der Waals surface area contributed by atoms with Crippen LogP contribution in [0.4, 0.5) is 4.39 Å². The maximum Gasteiger partial charge on any atom is 0.294 e. The Morgan fingerprint density at radius 2 is 1.80 bits per heavy atom. The number of nitrogens with zero attached hydrogens (tertiary/aromatic N) is 3. The fraction of sp³-hybridized carbons (Fsp3) is 0.182. The third-order valence-corrected chi connectivity index (χ3v) is 5.61. The van der Waals surface area contributed by atoms with E-state index in [1.165, 1.54) is 23.5 Å². The van der Waals surface area contributed by atoms with E-state index in [1.54, 1.807) is 19.1 Å². The summed E-state index contributed by atoms with van der Waals surface area (Å²) in [6, 6.07) is 13.7. The number of hydrogen-bond acceptors (Lipinski definition) is 5. The monoisotopic (exact) mass is 422 g/mol. The van der Waals surface area contributed by atoms with Gasteiger partial charge in [0.1, 0.15) is 18.1 Å². The molecule has 0 radical (unpaired) electrons. The van der Waals surface area contributed by atoms with Crippen LogP contribution in [0.1, 0.15) is 16.1 Å². The Labute approximate surface area is 176 Å². The Morgan fingerprint density at radius 3 is 2.50 bits per heavy atom. The third-order valence-electron chi connectivity index (χ3n) is 4.63. The largest absolute Gasteiger partial charge is 0.350 e. The molecule has 0 unspecified atom stereocenters. The molecule has 4 aromatic rings. The molecule has 30 heavy (non-hydrogen) atoms. The lowest BCUT2D eigenvalue weighted by Gasteiger charge is -2.10. The average molecular weight is 422 g/mol. The van der Waals surface area contributed by atoms with Crippen LogP contribution in [0.25, 0.3) is 21.5 Å². The number of aryl methyl sites for hydroxylation is 2. The first-order valence-electron chi connectivity index (χ1n) is 9.37. The minimum atomic E-state index is -0.425. The topological polar surface area (TPSA) is 76.9 Å². The zero-order chi connectivity index (χ0) is 21.3. The van der Waals surface area contributed by atoms with Crippen LogP contribution in [-0.4, -0.2) is 20.7 Å². The number of aromatic nitrogens is 3. The molecule has 152 valence electrons. The van der Waals surface area contributed by atoms with Crippen molar-refractivity contribution in [2.75, 3.05) is 0 Å². The Kier molecular flexibility index (Phi) is 5.41. The summed E-state index contributed by atoms with van der Waals surface area (Å²) in [4.78, 5) is 29.6. The first-order chi connectivity index (χ1) is 14.4. The summed E-state index contributed by atoms with van der Waals surface area (Å²) in [5, 5.41) is 7.94. The van der Waals surface area contributed by atoms with E-state index in [-0.39, 0.29) is 23.8 Å². The van der Waals surface area contributed by atoms with Crippen molar-refractivity contribution in [1.82, 2.24) is 20.1 Å². The van der Waals surface area contributed by atoms with Crippen molar-refractivity contribution < 1.29 is 9.18 Å². The van der Waals surface area contributed by atoms with Crippen LogP contribution >= 0.6 is 11.3 Å². The molecule has 0 saturated heterocycles. The Morgan fingerprint density at radius 1 is 1.10 bits per heavy atom. The third kappa shape index (κ3) is 4.13. The summed E-state index contributed by atoms with van der Waals surface area (Å²) in [6.07, 6.45) is 0. The van der Waals surface area contributed by atoms with Crippen molar-refractivity contribution in [3.63, 3.8) is 0 Å². The zero-order valence-electron chi connectivity index (χ0n) is 16.5. The molecule has 0 aliphatic heterocycles. The van der Waals surface area contributed by atoms with Crippen LogP contribution in [0.15, 0.2) is 53.3 Å². The number of amides is 1. The van der Waals surface area contributed by atoms with Gasteiger partial charge in [0.15, 0.2) is 5.52 Å². The van der Waals surface area contributed by atoms with Crippen molar-refractivity contribution >= 4 is 27.5 Å². The van der Waals surface area contributed by atoms with Crippen LogP contribution in [0.2, 0.25) is 0 Å². The van der Waals surface area contributed by atoms with Crippen molar-refractivity contribution in [3.05, 3.63) is 80.8 Å². The van der Waals surface area contributed by atoms with E-state index in [4.69, 9.17) is 0 Å². The van der Waals surface area contributed by atoms with Gasteiger partial charge in [-0.15, -0.1) is 11.3 Å². The second kappa shape index (κ2) is 8.16. The minimum Gasteiger partial charge on any atom is -0.350 e. The molecule has 2 aromatic carbocycles. The van der Waals surface area contributed by atoms with Gasteiger partial charge in [0, 0.05) is 12.1 Å². The summed E-state index contributed by atoms with van der Waals surface area (Å²) < 4.78 is 15.1. The second-order valence-electron chi connectivity index (χ2n) is 6.99. The summed E-state index contributed by atoms with van der Waals surface area (Å²) in [6.45, 7) is 3.93. The molecule has 1 amide bonds. The van der Waals surface area contributed by atoms with Crippen LogP contribution in [-0.2, 0) is 17.9 Å². The van der Waals surface area contributed by atoms with E-state index in [9.17, 15) is 14.0 Å². The van der Waals surface area contributed by atoms with Crippen LogP contribution in [0, 0.1) is 19.7 Å². The molecule has 0 saturated carbocycles. The normalized spacial score (nSPS) is 11.0. The molecular weight excluding hydrogens is 403 g/mol. The highest BCUT2D eigenvalue weighted by Crippen LogP contribution is 2.29. The highest BCUT2D eigenvalue weighted by molar-refractivity contribution is 7.19. The molecule has 6 nitrogen and oxygen atoms in total. The van der Waals surface area contributed by atoms with Gasteiger partial charge < -0.3 is 5.32 Å². The lowest BCUT2D eigenvalue weighted by atomic mass is 10.1. The van der Waals surface area contributed by atoms with Gasteiger partial charge in [-0.2, -0.15) is 5.10 Å². The Hall–Kier alpha value is -3.39. The molecule has 4 rings (SSSR count). The van der Waals surface area contributed by atoms with E-state index in [2.05, 4.69) is 15.4 Å². The predicted molar refractivity (Wildman–Crippen MR) is 115 cm³/mol. The quantitative estimate of drug-likeness (QED) is 0.533. The van der Waals surface area contributed by atoms with Gasteiger partial charge in [0.2, 0.25) is 5.91 Å². The van der Waals surface area contributed by atoms with E-state index in [0.29, 0.717) is 27.5 Å². The van der Waals surface area contributed by atoms with Gasteiger partial charge in [-0.1, -0.05) is 29.8 Å². The van der Waals surface area contributed by atoms with E-state index < -0.39 is 5.56 Å². The summed E-state index contributed by atoms with van der Waals surface area (Å²) in [7, 11) is 0. The molecular formula is C22H19FN4O2S. The number of thiazole rings is 1. The molecule has 1 N–H and O–H groups in total. The van der Waals surface area contributed by atoms with Crippen LogP contribution < -0.4 is 10.9 Å². The van der Waals surface area contributed by atoms with Gasteiger partial charge in [0.25, 0.3) is 5.56 Å². The zero-order valence-corrected chi connectivity index (χ0v) is 17.3. The van der Waals surface area contributed by atoms with E-state index >= 15 is 0 Å². The minimum absolute atomic E-state index is 0.231. The van der Waals surface area contributed by atoms with Crippen molar-refractivity contribution in [1.29, 1.82) is 0 Å². The second-order valence-corrected chi connectivity index (χ2v) is 8.19. The number of carbonyl (C=O) groups excluding carboxylic acids is 1. The van der Waals surface area contributed by atoms with Gasteiger partial charge in [0.05, 0.1) is 9.71 Å².